The molecule has 94 valence electrons. The summed E-state index contributed by atoms with van der Waals surface area (Å²) in [5, 5.41) is 12.1. The van der Waals surface area contributed by atoms with E-state index in [0.29, 0.717) is 0 Å². The molecular weight excluding hydrogens is 216 g/mol. The van der Waals surface area contributed by atoms with Gasteiger partial charge in [-0.05, 0) is 12.5 Å². The highest BCUT2D eigenvalue weighted by atomic mass is 16.4. The van der Waals surface area contributed by atoms with Crippen molar-refractivity contribution in [1.82, 2.24) is 5.32 Å². The zero-order chi connectivity index (χ0) is 13.0. The monoisotopic (exact) mass is 236 g/mol. The number of nitrogens with one attached hydrogen (secondary N) is 1. The van der Waals surface area contributed by atoms with Crippen LogP contribution in [0.25, 0.3) is 0 Å². The predicted molar refractivity (Wildman–Crippen MR) is 67.8 cm³/mol. The van der Waals surface area contributed by atoms with Crippen LogP contribution in [0.5, 0.6) is 0 Å². The Hall–Kier alpha value is -1.39. The third-order valence-corrected chi connectivity index (χ3v) is 2.60. The van der Waals surface area contributed by atoms with Crippen LogP contribution >= 0.6 is 0 Å². The van der Waals surface area contributed by atoms with Crippen molar-refractivity contribution in [2.45, 2.75) is 38.9 Å². The molecule has 0 aliphatic heterocycles. The van der Waals surface area contributed by atoms with Crippen LogP contribution < -0.4 is 11.1 Å². The highest BCUT2D eigenvalue weighted by Gasteiger charge is 2.26. The van der Waals surface area contributed by atoms with Crippen molar-refractivity contribution in [2.75, 3.05) is 0 Å². The van der Waals surface area contributed by atoms with E-state index in [9.17, 15) is 4.79 Å². The third-order valence-electron chi connectivity index (χ3n) is 2.60. The van der Waals surface area contributed by atoms with E-state index in [-0.39, 0.29) is 6.04 Å². The number of aliphatic carboxylic acids is 1. The Balaban J connectivity index is 2.87. The smallest absolute Gasteiger partial charge is 0.322 e. The fourth-order valence-electron chi connectivity index (χ4n) is 1.67. The first-order valence-electron chi connectivity index (χ1n) is 5.73. The van der Waals surface area contributed by atoms with Crippen molar-refractivity contribution in [3.8, 4) is 0 Å². The van der Waals surface area contributed by atoms with E-state index in [1.165, 1.54) is 0 Å². The van der Waals surface area contributed by atoms with Gasteiger partial charge in [-0.1, -0.05) is 43.7 Å². The van der Waals surface area contributed by atoms with Gasteiger partial charge in [-0.2, -0.15) is 0 Å². The molecule has 0 amide bonds. The summed E-state index contributed by atoms with van der Waals surface area (Å²) in [5.74, 6) is -0.924. The van der Waals surface area contributed by atoms with E-state index in [2.05, 4.69) is 5.32 Å². The molecule has 1 aromatic rings. The van der Waals surface area contributed by atoms with Gasteiger partial charge in [-0.3, -0.25) is 4.79 Å². The van der Waals surface area contributed by atoms with Gasteiger partial charge in [0.05, 0.1) is 6.04 Å². The van der Waals surface area contributed by atoms with E-state index in [0.717, 1.165) is 11.1 Å². The van der Waals surface area contributed by atoms with E-state index < -0.39 is 18.1 Å². The van der Waals surface area contributed by atoms with Gasteiger partial charge < -0.3 is 16.2 Å². The first kappa shape index (κ1) is 13.7. The molecule has 4 N–H and O–H groups in total. The molecule has 0 aromatic heterocycles. The second-order valence-corrected chi connectivity index (χ2v) is 4.57. The van der Waals surface area contributed by atoms with Crippen molar-refractivity contribution in [1.29, 1.82) is 0 Å². The second kappa shape index (κ2) is 5.80. The minimum atomic E-state index is -0.924. The van der Waals surface area contributed by atoms with Crippen LogP contribution in [0.15, 0.2) is 24.3 Å². The van der Waals surface area contributed by atoms with Crippen molar-refractivity contribution >= 4 is 5.97 Å². The Morgan fingerprint density at radius 1 is 1.29 bits per heavy atom. The number of carboxylic acid groups (broad SMARTS) is 1. The maximum Gasteiger partial charge on any atom is 0.322 e. The molecule has 0 aliphatic rings. The molecule has 0 aliphatic carbocycles. The zero-order valence-electron chi connectivity index (χ0n) is 10.5. The van der Waals surface area contributed by atoms with Crippen LogP contribution in [0, 0.1) is 6.92 Å². The summed E-state index contributed by atoms with van der Waals surface area (Å²) < 4.78 is 0. The number of hydrogen-bond acceptors (Lipinski definition) is 3. The maximum atomic E-state index is 11.2. The number of carbonyl (C=O) groups is 1. The Labute approximate surface area is 102 Å². The van der Waals surface area contributed by atoms with E-state index >= 15 is 0 Å². The van der Waals surface area contributed by atoms with Crippen molar-refractivity contribution in [2.24, 2.45) is 5.73 Å². The summed E-state index contributed by atoms with van der Waals surface area (Å²) in [7, 11) is 0. The van der Waals surface area contributed by atoms with Gasteiger partial charge in [-0.15, -0.1) is 0 Å². The highest BCUT2D eigenvalue weighted by molar-refractivity contribution is 5.74. The van der Waals surface area contributed by atoms with Crippen LogP contribution in [0.1, 0.15) is 31.0 Å². The van der Waals surface area contributed by atoms with Crippen LogP contribution in [-0.4, -0.2) is 23.2 Å². The molecule has 0 saturated carbocycles. The molecule has 0 bridgehead atoms. The molecular formula is C13H20N2O2. The van der Waals surface area contributed by atoms with E-state index in [4.69, 9.17) is 10.8 Å². The van der Waals surface area contributed by atoms with Crippen molar-refractivity contribution < 1.29 is 9.90 Å². The first-order chi connectivity index (χ1) is 7.91. The lowest BCUT2D eigenvalue weighted by molar-refractivity contribution is -0.140. The standard InChI is InChI=1S/C13H20N2O2/c1-8(2)15-12(13(16)17)11(14)10-6-4-9(3)5-7-10/h4-8,11-12,15H,14H2,1-3H3,(H,16,17). The predicted octanol–water partition coefficient (Wildman–Crippen LogP) is 1.45. The van der Waals surface area contributed by atoms with Gasteiger partial charge in [0.2, 0.25) is 0 Å². The van der Waals surface area contributed by atoms with Crippen LogP contribution in [-0.2, 0) is 4.79 Å². The third kappa shape index (κ3) is 3.84. The number of rotatable bonds is 5. The van der Waals surface area contributed by atoms with Gasteiger partial charge in [0, 0.05) is 6.04 Å². The fourth-order valence-corrected chi connectivity index (χ4v) is 1.67. The quantitative estimate of drug-likeness (QED) is 0.723. The topological polar surface area (TPSA) is 75.3 Å². The van der Waals surface area contributed by atoms with E-state index in [1.54, 1.807) is 0 Å². The van der Waals surface area contributed by atoms with Crippen molar-refractivity contribution in [3.05, 3.63) is 35.4 Å². The molecule has 0 saturated heterocycles. The Kier molecular flexibility index (Phi) is 4.66. The summed E-state index contributed by atoms with van der Waals surface area (Å²) in [4.78, 5) is 11.2. The average molecular weight is 236 g/mol. The fraction of sp³-hybridized carbons (Fsp3) is 0.462. The Morgan fingerprint density at radius 3 is 2.24 bits per heavy atom. The number of carboxylic acids is 1. The largest absolute Gasteiger partial charge is 0.480 e. The SMILES string of the molecule is Cc1ccc(C(N)C(NC(C)C)C(=O)O)cc1. The van der Waals surface area contributed by atoms with Gasteiger partial charge in [0.25, 0.3) is 0 Å². The number of nitrogens with two attached hydrogens (primary N) is 1. The van der Waals surface area contributed by atoms with Crippen molar-refractivity contribution in [3.63, 3.8) is 0 Å². The lowest BCUT2D eigenvalue weighted by Crippen LogP contribution is -2.47. The highest BCUT2D eigenvalue weighted by Crippen LogP contribution is 2.15. The van der Waals surface area contributed by atoms with E-state index in [1.807, 2.05) is 45.0 Å². The molecule has 0 heterocycles. The number of hydrogen-bond donors (Lipinski definition) is 3. The molecule has 4 heteroatoms. The molecule has 4 nitrogen and oxygen atoms in total. The molecule has 0 fully saturated rings. The van der Waals surface area contributed by atoms with Crippen LogP contribution in [0.4, 0.5) is 0 Å². The molecule has 0 radical (unpaired) electrons. The Bertz CT molecular complexity index is 374. The molecule has 0 spiro atoms. The lowest BCUT2D eigenvalue weighted by atomic mass is 9.98. The summed E-state index contributed by atoms with van der Waals surface area (Å²) in [5.41, 5.74) is 7.95. The molecule has 2 unspecified atom stereocenters. The van der Waals surface area contributed by atoms with Crippen LogP contribution in [0.3, 0.4) is 0 Å². The average Bonchev–Trinajstić information content (AvgIpc) is 2.25. The normalized spacial score (nSPS) is 14.6. The molecule has 2 atom stereocenters. The lowest BCUT2D eigenvalue weighted by Gasteiger charge is -2.23. The zero-order valence-corrected chi connectivity index (χ0v) is 10.5. The van der Waals surface area contributed by atoms with Crippen LogP contribution in [0.2, 0.25) is 0 Å². The number of benzene rings is 1. The summed E-state index contributed by atoms with van der Waals surface area (Å²) in [6.07, 6.45) is 0. The summed E-state index contributed by atoms with van der Waals surface area (Å²) in [6, 6.07) is 6.38. The van der Waals surface area contributed by atoms with Gasteiger partial charge in [0.1, 0.15) is 6.04 Å². The molecule has 1 aromatic carbocycles. The molecule has 1 rings (SSSR count). The second-order valence-electron chi connectivity index (χ2n) is 4.57. The first-order valence-corrected chi connectivity index (χ1v) is 5.73. The summed E-state index contributed by atoms with van der Waals surface area (Å²) >= 11 is 0. The minimum absolute atomic E-state index is 0.0765. The minimum Gasteiger partial charge on any atom is -0.480 e. The van der Waals surface area contributed by atoms with Gasteiger partial charge >= 0.3 is 5.97 Å². The Morgan fingerprint density at radius 2 is 1.82 bits per heavy atom. The summed E-state index contributed by atoms with van der Waals surface area (Å²) in [6.45, 7) is 5.78. The van der Waals surface area contributed by atoms with Gasteiger partial charge in [0.15, 0.2) is 0 Å². The molecule has 17 heavy (non-hydrogen) atoms. The maximum absolute atomic E-state index is 11.2. The van der Waals surface area contributed by atoms with Gasteiger partial charge in [-0.25, -0.2) is 0 Å². The number of aryl methyl sites for hydroxylation is 1.